The molecule has 0 bridgehead atoms. The van der Waals surface area contributed by atoms with Crippen LogP contribution in [-0.2, 0) is 11.2 Å². The third-order valence-corrected chi connectivity index (χ3v) is 4.05. The number of nitrogens with one attached hydrogen (secondary N) is 1. The molecule has 0 aromatic heterocycles. The summed E-state index contributed by atoms with van der Waals surface area (Å²) in [6.07, 6.45) is 0.849. The zero-order valence-electron chi connectivity index (χ0n) is 13.8. The second-order valence-electron chi connectivity index (χ2n) is 5.68. The van der Waals surface area contributed by atoms with Gasteiger partial charge in [-0.25, -0.2) is 0 Å². The molecule has 0 radical (unpaired) electrons. The number of rotatable bonds is 4. The summed E-state index contributed by atoms with van der Waals surface area (Å²) in [7, 11) is 0. The second-order valence-corrected chi connectivity index (χ2v) is 5.68. The lowest BCUT2D eigenvalue weighted by Gasteiger charge is -2.16. The van der Waals surface area contributed by atoms with E-state index in [1.807, 2.05) is 25.1 Å². The fourth-order valence-corrected chi connectivity index (χ4v) is 2.86. The quantitative estimate of drug-likeness (QED) is 0.939. The van der Waals surface area contributed by atoms with Crippen molar-refractivity contribution in [3.63, 3.8) is 0 Å². The summed E-state index contributed by atoms with van der Waals surface area (Å²) in [6.45, 7) is 4.76. The van der Waals surface area contributed by atoms with Crippen LogP contribution in [0.4, 0.5) is 11.4 Å². The molecular weight excluding hydrogens is 304 g/mol. The van der Waals surface area contributed by atoms with Crippen LogP contribution in [0, 0.1) is 0 Å². The van der Waals surface area contributed by atoms with Gasteiger partial charge < -0.3 is 15.0 Å². The van der Waals surface area contributed by atoms with Crippen LogP contribution in [0.2, 0.25) is 0 Å². The zero-order valence-corrected chi connectivity index (χ0v) is 13.8. The van der Waals surface area contributed by atoms with Crippen molar-refractivity contribution < 1.29 is 14.3 Å². The Labute approximate surface area is 141 Å². The number of hydrogen-bond acceptors (Lipinski definition) is 3. The number of ether oxygens (including phenoxy) is 1. The zero-order chi connectivity index (χ0) is 17.1. The number of anilines is 2. The molecule has 2 aromatic carbocycles. The number of fused-ring (bicyclic) bond motifs is 1. The monoisotopic (exact) mass is 324 g/mol. The van der Waals surface area contributed by atoms with Crippen LogP contribution in [0.15, 0.2) is 42.5 Å². The van der Waals surface area contributed by atoms with Crippen molar-refractivity contribution in [2.75, 3.05) is 23.4 Å². The second kappa shape index (κ2) is 6.74. The lowest BCUT2D eigenvalue weighted by Crippen LogP contribution is -2.25. The van der Waals surface area contributed by atoms with Gasteiger partial charge >= 0.3 is 0 Å². The van der Waals surface area contributed by atoms with Crippen molar-refractivity contribution in [2.24, 2.45) is 0 Å². The largest absolute Gasteiger partial charge is 0.494 e. The molecule has 0 atom stereocenters. The number of hydrogen-bond donors (Lipinski definition) is 1. The summed E-state index contributed by atoms with van der Waals surface area (Å²) in [6, 6.07) is 12.7. The fraction of sp³-hybridized carbons (Fsp3) is 0.263. The number of benzene rings is 2. The SMILES string of the molecule is CCOc1ccc(C(=O)Nc2ccc3c(c2)N(C(C)=O)CC3)cc1. The maximum absolute atomic E-state index is 12.4. The fourth-order valence-electron chi connectivity index (χ4n) is 2.86. The van der Waals surface area contributed by atoms with E-state index in [-0.39, 0.29) is 11.8 Å². The van der Waals surface area contributed by atoms with Gasteiger partial charge in [-0.05, 0) is 55.3 Å². The van der Waals surface area contributed by atoms with E-state index < -0.39 is 0 Å². The topological polar surface area (TPSA) is 58.6 Å². The van der Waals surface area contributed by atoms with E-state index in [1.165, 1.54) is 0 Å². The van der Waals surface area contributed by atoms with Crippen LogP contribution in [0.25, 0.3) is 0 Å². The lowest BCUT2D eigenvalue weighted by atomic mass is 10.1. The third-order valence-electron chi connectivity index (χ3n) is 4.05. The Balaban J connectivity index is 1.75. The highest BCUT2D eigenvalue weighted by molar-refractivity contribution is 6.05. The van der Waals surface area contributed by atoms with Crippen LogP contribution in [0.3, 0.4) is 0 Å². The molecule has 2 aromatic rings. The molecule has 1 aliphatic heterocycles. The van der Waals surface area contributed by atoms with Crippen molar-refractivity contribution in [1.82, 2.24) is 0 Å². The standard InChI is InChI=1S/C19H20N2O3/c1-3-24-17-8-5-15(6-9-17)19(23)20-16-7-4-14-10-11-21(13(2)22)18(14)12-16/h4-9,12H,3,10-11H2,1-2H3,(H,20,23). The van der Waals surface area contributed by atoms with E-state index in [9.17, 15) is 9.59 Å². The van der Waals surface area contributed by atoms with Crippen LogP contribution in [0.1, 0.15) is 29.8 Å². The predicted molar refractivity (Wildman–Crippen MR) is 93.7 cm³/mol. The number of carbonyl (C=O) groups excluding carboxylic acids is 2. The first-order chi connectivity index (χ1) is 11.6. The molecule has 5 nitrogen and oxygen atoms in total. The van der Waals surface area contributed by atoms with Gasteiger partial charge in [0.25, 0.3) is 5.91 Å². The van der Waals surface area contributed by atoms with Gasteiger partial charge in [-0.15, -0.1) is 0 Å². The molecule has 1 N–H and O–H groups in total. The minimum atomic E-state index is -0.189. The van der Waals surface area contributed by atoms with Gasteiger partial charge in [0.1, 0.15) is 5.75 Å². The predicted octanol–water partition coefficient (Wildman–Crippen LogP) is 3.25. The van der Waals surface area contributed by atoms with Crippen molar-refractivity contribution in [1.29, 1.82) is 0 Å². The Bertz CT molecular complexity index is 769. The maximum Gasteiger partial charge on any atom is 0.255 e. The van der Waals surface area contributed by atoms with Crippen molar-refractivity contribution >= 4 is 23.2 Å². The highest BCUT2D eigenvalue weighted by atomic mass is 16.5. The first kappa shape index (κ1) is 16.1. The molecule has 3 rings (SSSR count). The van der Waals surface area contributed by atoms with Gasteiger partial charge in [-0.3, -0.25) is 9.59 Å². The van der Waals surface area contributed by atoms with Crippen LogP contribution < -0.4 is 15.0 Å². The average molecular weight is 324 g/mol. The number of nitrogens with zero attached hydrogens (tertiary/aromatic N) is 1. The molecule has 0 spiro atoms. The Morgan fingerprint density at radius 3 is 2.58 bits per heavy atom. The lowest BCUT2D eigenvalue weighted by molar-refractivity contribution is -0.116. The van der Waals surface area contributed by atoms with E-state index in [4.69, 9.17) is 4.74 Å². The summed E-state index contributed by atoms with van der Waals surface area (Å²) in [5.41, 5.74) is 3.25. The highest BCUT2D eigenvalue weighted by Gasteiger charge is 2.22. The van der Waals surface area contributed by atoms with Crippen LogP contribution >= 0.6 is 0 Å². The molecule has 0 saturated heterocycles. The van der Waals surface area contributed by atoms with Crippen molar-refractivity contribution in [3.8, 4) is 5.75 Å². The molecule has 1 aliphatic rings. The van der Waals surface area contributed by atoms with Gasteiger partial charge in [0, 0.05) is 30.4 Å². The summed E-state index contributed by atoms with van der Waals surface area (Å²) < 4.78 is 5.37. The molecular formula is C19H20N2O3. The molecule has 2 amide bonds. The molecule has 1 heterocycles. The van der Waals surface area contributed by atoms with Gasteiger partial charge in [-0.2, -0.15) is 0 Å². The Kier molecular flexibility index (Phi) is 4.51. The Morgan fingerprint density at radius 1 is 1.17 bits per heavy atom. The normalized spacial score (nSPS) is 12.7. The molecule has 0 fully saturated rings. The first-order valence-electron chi connectivity index (χ1n) is 8.03. The summed E-state index contributed by atoms with van der Waals surface area (Å²) >= 11 is 0. The van der Waals surface area contributed by atoms with E-state index in [0.717, 1.165) is 23.4 Å². The Morgan fingerprint density at radius 2 is 1.92 bits per heavy atom. The number of carbonyl (C=O) groups is 2. The highest BCUT2D eigenvalue weighted by Crippen LogP contribution is 2.31. The maximum atomic E-state index is 12.4. The van der Waals surface area contributed by atoms with Gasteiger partial charge in [0.15, 0.2) is 0 Å². The Hall–Kier alpha value is -2.82. The van der Waals surface area contributed by atoms with Crippen LogP contribution in [0.5, 0.6) is 5.75 Å². The van der Waals surface area contributed by atoms with Gasteiger partial charge in [-0.1, -0.05) is 6.07 Å². The summed E-state index contributed by atoms with van der Waals surface area (Å²) in [5, 5.41) is 2.88. The van der Waals surface area contributed by atoms with Gasteiger partial charge in [0.2, 0.25) is 5.91 Å². The van der Waals surface area contributed by atoms with Crippen LogP contribution in [-0.4, -0.2) is 25.0 Å². The molecule has 0 saturated carbocycles. The van der Waals surface area contributed by atoms with E-state index >= 15 is 0 Å². The molecule has 0 aliphatic carbocycles. The minimum Gasteiger partial charge on any atom is -0.494 e. The number of amides is 2. The summed E-state index contributed by atoms with van der Waals surface area (Å²) in [5.74, 6) is 0.567. The molecule has 124 valence electrons. The molecule has 0 unspecified atom stereocenters. The van der Waals surface area contributed by atoms with Gasteiger partial charge in [0.05, 0.1) is 6.61 Å². The smallest absolute Gasteiger partial charge is 0.255 e. The van der Waals surface area contributed by atoms with E-state index in [0.29, 0.717) is 24.4 Å². The van der Waals surface area contributed by atoms with E-state index in [1.54, 1.807) is 36.1 Å². The first-order valence-corrected chi connectivity index (χ1v) is 8.03. The average Bonchev–Trinajstić information content (AvgIpc) is 2.99. The van der Waals surface area contributed by atoms with Crippen molar-refractivity contribution in [2.45, 2.75) is 20.3 Å². The third kappa shape index (κ3) is 3.25. The molecule has 5 heteroatoms. The minimum absolute atomic E-state index is 0.0174. The van der Waals surface area contributed by atoms with E-state index in [2.05, 4.69) is 5.32 Å². The van der Waals surface area contributed by atoms with Crippen molar-refractivity contribution in [3.05, 3.63) is 53.6 Å². The molecule has 24 heavy (non-hydrogen) atoms. The summed E-state index contributed by atoms with van der Waals surface area (Å²) in [4.78, 5) is 25.8.